The van der Waals surface area contributed by atoms with Crippen LogP contribution >= 0.6 is 0 Å². The second kappa shape index (κ2) is 9.10. The number of likely N-dealkylation sites (tertiary alicyclic amines) is 1. The molecule has 1 spiro atoms. The molecule has 198 valence electrons. The number of amides is 3. The van der Waals surface area contributed by atoms with Crippen LogP contribution in [-0.4, -0.2) is 64.7 Å². The molecule has 3 unspecified atom stereocenters. The molecule has 37 heavy (non-hydrogen) atoms. The fourth-order valence-electron chi connectivity index (χ4n) is 7.18. The van der Waals surface area contributed by atoms with Crippen molar-refractivity contribution in [2.75, 3.05) is 19.0 Å². The minimum Gasteiger partial charge on any atom is -0.394 e. The van der Waals surface area contributed by atoms with E-state index in [1.165, 1.54) is 0 Å². The molecule has 8 nitrogen and oxygen atoms in total. The first-order valence-electron chi connectivity index (χ1n) is 13.3. The summed E-state index contributed by atoms with van der Waals surface area (Å²) >= 11 is 0. The van der Waals surface area contributed by atoms with Crippen LogP contribution < -0.4 is 10.6 Å². The lowest BCUT2D eigenvalue weighted by Gasteiger charge is -2.39. The summed E-state index contributed by atoms with van der Waals surface area (Å²) in [7, 11) is 1.56. The van der Waals surface area contributed by atoms with Crippen molar-refractivity contribution in [1.82, 2.24) is 10.2 Å². The van der Waals surface area contributed by atoms with Crippen LogP contribution in [0.25, 0.3) is 10.8 Å². The highest BCUT2D eigenvalue weighted by Crippen LogP contribution is 2.65. The number of aliphatic hydroxyl groups is 1. The first-order valence-corrected chi connectivity index (χ1v) is 13.3. The zero-order valence-corrected chi connectivity index (χ0v) is 22.2. The molecule has 3 fully saturated rings. The number of hydrogen-bond acceptors (Lipinski definition) is 5. The molecule has 8 heteroatoms. The van der Waals surface area contributed by atoms with E-state index in [-0.39, 0.29) is 36.2 Å². The van der Waals surface area contributed by atoms with Crippen molar-refractivity contribution in [2.24, 2.45) is 23.7 Å². The lowest BCUT2D eigenvalue weighted by molar-refractivity contribution is -0.150. The summed E-state index contributed by atoms with van der Waals surface area (Å²) in [4.78, 5) is 43.0. The Labute approximate surface area is 217 Å². The van der Waals surface area contributed by atoms with Crippen LogP contribution in [0, 0.1) is 23.7 Å². The standard InChI is InChI=1S/C29H37N3O5/c1-6-16(2)21(15-33)32-24(26(35)31-20-12-11-18-9-7-8-10-19(18)13-20)29-14-17(3)28(4,37-29)22(25(34)30-5)23(29)27(32)36/h7-13,16-17,21-24,33H,6,14-15H2,1-5H3,(H,30,34)(H,31,35)/t16-,17?,21-,22-,23-,24?,28+,29?/m0/s1. The Bertz CT molecular complexity index is 1250. The number of nitrogens with one attached hydrogen (secondary N) is 2. The SMILES string of the molecule is CC[C@H](C)[C@H](CO)N1C(=O)[C@@H]2[C@@H](C(=O)NC)[C@]3(C)OC2(CC3C)C1C(=O)Nc1ccc2ccccc2c1. The van der Waals surface area contributed by atoms with Crippen molar-refractivity contribution in [2.45, 2.75) is 63.8 Å². The topological polar surface area (TPSA) is 108 Å². The molecule has 2 aromatic carbocycles. The molecule has 2 bridgehead atoms. The Hall–Kier alpha value is -2.97. The van der Waals surface area contributed by atoms with Gasteiger partial charge in [-0.15, -0.1) is 0 Å². The highest BCUT2D eigenvalue weighted by Gasteiger charge is 2.80. The van der Waals surface area contributed by atoms with Gasteiger partial charge in [0.2, 0.25) is 17.7 Å². The summed E-state index contributed by atoms with van der Waals surface area (Å²) in [5.74, 6) is -2.50. The van der Waals surface area contributed by atoms with Crippen LogP contribution in [0.2, 0.25) is 0 Å². The van der Waals surface area contributed by atoms with Gasteiger partial charge in [-0.05, 0) is 48.1 Å². The van der Waals surface area contributed by atoms with Crippen LogP contribution in [0.3, 0.4) is 0 Å². The summed E-state index contributed by atoms with van der Waals surface area (Å²) < 4.78 is 6.70. The zero-order chi connectivity index (χ0) is 26.7. The van der Waals surface area contributed by atoms with Gasteiger partial charge in [0.1, 0.15) is 11.6 Å². The number of aliphatic hydroxyl groups excluding tert-OH is 1. The summed E-state index contributed by atoms with van der Waals surface area (Å²) in [6, 6.07) is 12.1. The maximum atomic E-state index is 14.2. The molecular weight excluding hydrogens is 470 g/mol. The average molecular weight is 508 g/mol. The molecule has 3 saturated heterocycles. The predicted octanol–water partition coefficient (Wildman–Crippen LogP) is 2.94. The smallest absolute Gasteiger partial charge is 0.250 e. The number of rotatable bonds is 7. The molecular formula is C29H37N3O5. The van der Waals surface area contributed by atoms with Crippen LogP contribution in [-0.2, 0) is 19.1 Å². The molecule has 5 rings (SSSR count). The molecule has 0 saturated carbocycles. The van der Waals surface area contributed by atoms with Gasteiger partial charge in [0, 0.05) is 12.7 Å². The van der Waals surface area contributed by atoms with Crippen molar-refractivity contribution in [1.29, 1.82) is 0 Å². The second-order valence-electron chi connectivity index (χ2n) is 11.3. The predicted molar refractivity (Wildman–Crippen MR) is 141 cm³/mol. The minimum atomic E-state index is -1.15. The molecule has 3 aliphatic rings. The lowest BCUT2D eigenvalue weighted by Crippen LogP contribution is -2.57. The molecule has 3 heterocycles. The molecule has 3 N–H and O–H groups in total. The molecule has 0 aromatic heterocycles. The van der Waals surface area contributed by atoms with Gasteiger partial charge in [0.25, 0.3) is 0 Å². The van der Waals surface area contributed by atoms with Gasteiger partial charge in [-0.2, -0.15) is 0 Å². The van der Waals surface area contributed by atoms with Crippen molar-refractivity contribution in [3.05, 3.63) is 42.5 Å². The number of carbonyl (C=O) groups excluding carboxylic acids is 3. The average Bonchev–Trinajstić information content (AvgIpc) is 3.40. The molecule has 3 amide bonds. The van der Waals surface area contributed by atoms with E-state index in [4.69, 9.17) is 4.74 Å². The largest absolute Gasteiger partial charge is 0.394 e. The number of ether oxygens (including phenoxy) is 1. The van der Waals surface area contributed by atoms with E-state index in [1.807, 2.05) is 70.2 Å². The van der Waals surface area contributed by atoms with Crippen LogP contribution in [0.1, 0.15) is 40.5 Å². The summed E-state index contributed by atoms with van der Waals surface area (Å²) in [6.45, 7) is 7.59. The van der Waals surface area contributed by atoms with Crippen molar-refractivity contribution < 1.29 is 24.2 Å². The van der Waals surface area contributed by atoms with Crippen molar-refractivity contribution in [3.8, 4) is 0 Å². The fourth-order valence-corrected chi connectivity index (χ4v) is 7.18. The molecule has 8 atom stereocenters. The van der Waals surface area contributed by atoms with Crippen LogP contribution in [0.5, 0.6) is 0 Å². The van der Waals surface area contributed by atoms with E-state index in [1.54, 1.807) is 11.9 Å². The van der Waals surface area contributed by atoms with E-state index in [0.29, 0.717) is 12.1 Å². The van der Waals surface area contributed by atoms with Gasteiger partial charge in [-0.25, -0.2) is 0 Å². The van der Waals surface area contributed by atoms with Crippen LogP contribution in [0.15, 0.2) is 42.5 Å². The van der Waals surface area contributed by atoms with E-state index < -0.39 is 35.1 Å². The van der Waals surface area contributed by atoms with Gasteiger partial charge in [0.05, 0.1) is 30.1 Å². The minimum absolute atomic E-state index is 0.0362. The van der Waals surface area contributed by atoms with Crippen LogP contribution in [0.4, 0.5) is 5.69 Å². The first-order chi connectivity index (χ1) is 17.6. The second-order valence-corrected chi connectivity index (χ2v) is 11.3. The highest BCUT2D eigenvalue weighted by molar-refractivity contribution is 6.04. The fraction of sp³-hybridized carbons (Fsp3) is 0.552. The van der Waals surface area contributed by atoms with Gasteiger partial charge < -0.3 is 25.4 Å². The van der Waals surface area contributed by atoms with Gasteiger partial charge in [-0.1, -0.05) is 57.5 Å². The molecule has 3 aliphatic heterocycles. The van der Waals surface area contributed by atoms with Crippen molar-refractivity contribution in [3.63, 3.8) is 0 Å². The van der Waals surface area contributed by atoms with E-state index >= 15 is 0 Å². The van der Waals surface area contributed by atoms with Gasteiger partial charge in [0.15, 0.2) is 0 Å². The van der Waals surface area contributed by atoms with Gasteiger partial charge >= 0.3 is 0 Å². The normalized spacial score (nSPS) is 33.9. The Morgan fingerprint density at radius 1 is 1.19 bits per heavy atom. The summed E-state index contributed by atoms with van der Waals surface area (Å²) in [6.07, 6.45) is 1.21. The Kier molecular flexibility index (Phi) is 6.31. The van der Waals surface area contributed by atoms with Crippen molar-refractivity contribution >= 4 is 34.2 Å². The molecule has 2 aromatic rings. The third-order valence-electron chi connectivity index (χ3n) is 9.39. The summed E-state index contributed by atoms with van der Waals surface area (Å²) in [5, 5.41) is 18.2. The highest BCUT2D eigenvalue weighted by atomic mass is 16.5. The third-order valence-corrected chi connectivity index (χ3v) is 9.39. The monoisotopic (exact) mass is 507 g/mol. The molecule has 0 aliphatic carbocycles. The third kappa shape index (κ3) is 3.60. The van der Waals surface area contributed by atoms with E-state index in [9.17, 15) is 19.5 Å². The summed E-state index contributed by atoms with van der Waals surface area (Å²) in [5.41, 5.74) is -1.39. The van der Waals surface area contributed by atoms with Gasteiger partial charge in [-0.3, -0.25) is 14.4 Å². The van der Waals surface area contributed by atoms with E-state index in [2.05, 4.69) is 10.6 Å². The zero-order valence-electron chi connectivity index (χ0n) is 22.2. The number of benzene rings is 2. The number of nitrogens with zero attached hydrogens (tertiary/aromatic N) is 1. The molecule has 0 radical (unpaired) electrons. The quantitative estimate of drug-likeness (QED) is 0.534. The Balaban J connectivity index is 1.60. The van der Waals surface area contributed by atoms with E-state index in [0.717, 1.165) is 17.2 Å². The first kappa shape index (κ1) is 25.7. The Morgan fingerprint density at radius 2 is 1.89 bits per heavy atom. The maximum Gasteiger partial charge on any atom is 0.250 e. The Morgan fingerprint density at radius 3 is 2.54 bits per heavy atom. The number of fused-ring (bicyclic) bond motifs is 2. The number of hydrogen-bond donors (Lipinski definition) is 3. The number of carbonyl (C=O) groups is 3. The lowest BCUT2D eigenvalue weighted by atomic mass is 9.62. The maximum absolute atomic E-state index is 14.2. The number of anilines is 1.